The van der Waals surface area contributed by atoms with Crippen LogP contribution in [0.5, 0.6) is 0 Å². The van der Waals surface area contributed by atoms with Gasteiger partial charge in [-0.05, 0) is 49.2 Å². The van der Waals surface area contributed by atoms with E-state index in [-0.39, 0.29) is 19.3 Å². The number of carbonyl (C=O) groups is 2. The molecule has 12 heteroatoms. The number of amides is 1. The van der Waals surface area contributed by atoms with Gasteiger partial charge >= 0.3 is 18.3 Å². The Morgan fingerprint density at radius 3 is 2.00 bits per heavy atom. The summed E-state index contributed by atoms with van der Waals surface area (Å²) in [7, 11) is 0. The average Bonchev–Trinajstić information content (AvgIpc) is 2.74. The Kier molecular flexibility index (Phi) is 7.18. The lowest BCUT2D eigenvalue weighted by molar-refractivity contribution is -0.159. The summed E-state index contributed by atoms with van der Waals surface area (Å²) in [6, 6.07) is 1.89. The van der Waals surface area contributed by atoms with Gasteiger partial charge in [0.1, 0.15) is 24.3 Å². The van der Waals surface area contributed by atoms with Crippen molar-refractivity contribution < 1.29 is 49.4 Å². The third-order valence-electron chi connectivity index (χ3n) is 5.29. The van der Waals surface area contributed by atoms with Gasteiger partial charge in [-0.1, -0.05) is 0 Å². The molecule has 0 bridgehead atoms. The highest BCUT2D eigenvalue weighted by molar-refractivity contribution is 5.85. The van der Waals surface area contributed by atoms with Crippen molar-refractivity contribution in [3.05, 3.63) is 70.3 Å². The van der Waals surface area contributed by atoms with Crippen LogP contribution in [0.2, 0.25) is 0 Å². The molecule has 1 amide bonds. The van der Waals surface area contributed by atoms with Crippen LogP contribution in [0.3, 0.4) is 0 Å². The van der Waals surface area contributed by atoms with Crippen LogP contribution in [0.1, 0.15) is 41.5 Å². The number of hydrogen-bond acceptors (Lipinski definition) is 3. The number of carbonyl (C=O) groups excluding carboxylic acids is 2. The van der Waals surface area contributed by atoms with Crippen molar-refractivity contribution in [3.8, 4) is 0 Å². The molecule has 1 atom stereocenters. The van der Waals surface area contributed by atoms with E-state index in [1.807, 2.05) is 0 Å². The van der Waals surface area contributed by atoms with Gasteiger partial charge in [0, 0.05) is 24.1 Å². The first kappa shape index (κ1) is 25.4. The third-order valence-corrected chi connectivity index (χ3v) is 5.29. The fraction of sp³-hybridized carbons (Fsp3) is 0.364. The molecule has 0 aromatic heterocycles. The fourth-order valence-corrected chi connectivity index (χ4v) is 3.53. The Morgan fingerprint density at radius 2 is 1.44 bits per heavy atom. The zero-order valence-corrected chi connectivity index (χ0v) is 17.3. The molecule has 0 aliphatic carbocycles. The number of benzene rings is 2. The van der Waals surface area contributed by atoms with Crippen LogP contribution < -0.4 is 0 Å². The number of alkyl halides is 6. The maximum atomic E-state index is 14.2. The Labute approximate surface area is 188 Å². The lowest BCUT2D eigenvalue weighted by Gasteiger charge is -2.34. The van der Waals surface area contributed by atoms with Gasteiger partial charge < -0.3 is 9.64 Å². The number of rotatable bonds is 5. The van der Waals surface area contributed by atoms with Crippen molar-refractivity contribution in [3.63, 3.8) is 0 Å². The van der Waals surface area contributed by atoms with Crippen LogP contribution in [-0.4, -0.2) is 22.8 Å². The van der Waals surface area contributed by atoms with Crippen LogP contribution in [0.25, 0.3) is 0 Å². The van der Waals surface area contributed by atoms with Crippen LogP contribution in [0.15, 0.2) is 36.4 Å². The molecule has 1 aliphatic heterocycles. The normalized spacial score (nSPS) is 17.1. The molecule has 0 saturated carbocycles. The average molecular weight is 495 g/mol. The van der Waals surface area contributed by atoms with Gasteiger partial charge in [-0.25, -0.2) is 13.6 Å². The van der Waals surface area contributed by atoms with Gasteiger partial charge in [0.25, 0.3) is 0 Å². The highest BCUT2D eigenvalue weighted by atomic mass is 19.4. The topological polar surface area (TPSA) is 46.6 Å². The van der Waals surface area contributed by atoms with Gasteiger partial charge in [0.15, 0.2) is 0 Å². The summed E-state index contributed by atoms with van der Waals surface area (Å²) in [6.45, 7) is -1.53. The lowest BCUT2D eigenvalue weighted by atomic mass is 9.99. The zero-order valence-electron chi connectivity index (χ0n) is 17.3. The predicted molar refractivity (Wildman–Crippen MR) is 101 cm³/mol. The van der Waals surface area contributed by atoms with E-state index in [2.05, 4.69) is 0 Å². The van der Waals surface area contributed by atoms with E-state index in [0.29, 0.717) is 36.4 Å². The smallest absolute Gasteiger partial charge is 0.416 e. The highest BCUT2D eigenvalue weighted by Gasteiger charge is 2.37. The number of esters is 1. The second kappa shape index (κ2) is 9.59. The molecule has 0 spiro atoms. The van der Waals surface area contributed by atoms with E-state index >= 15 is 0 Å². The van der Waals surface area contributed by atoms with Crippen LogP contribution in [0.4, 0.5) is 35.1 Å². The summed E-state index contributed by atoms with van der Waals surface area (Å²) >= 11 is 0. The van der Waals surface area contributed by atoms with E-state index in [1.54, 1.807) is 0 Å². The lowest BCUT2D eigenvalue weighted by Crippen LogP contribution is -2.48. The Bertz CT molecular complexity index is 1080. The molecule has 0 unspecified atom stereocenters. The fourth-order valence-electron chi connectivity index (χ4n) is 3.53. The number of likely N-dealkylation sites (tertiary alicyclic amines) is 1. The second-order valence-electron chi connectivity index (χ2n) is 7.65. The van der Waals surface area contributed by atoms with E-state index in [1.165, 1.54) is 0 Å². The van der Waals surface area contributed by atoms with Gasteiger partial charge in [-0.2, -0.15) is 26.3 Å². The molecular weight excluding hydrogens is 478 g/mol. The quantitative estimate of drug-likeness (QED) is 0.399. The van der Waals surface area contributed by atoms with Gasteiger partial charge in [0.05, 0.1) is 11.1 Å². The summed E-state index contributed by atoms with van der Waals surface area (Å²) in [6.07, 6.45) is -9.32. The summed E-state index contributed by atoms with van der Waals surface area (Å²) in [4.78, 5) is 25.8. The van der Waals surface area contributed by atoms with Crippen LogP contribution in [0, 0.1) is 11.6 Å². The first-order valence-corrected chi connectivity index (χ1v) is 9.94. The van der Waals surface area contributed by atoms with Crippen molar-refractivity contribution in [2.45, 2.75) is 50.8 Å². The van der Waals surface area contributed by atoms with Crippen molar-refractivity contribution >= 4 is 11.9 Å². The first-order chi connectivity index (χ1) is 15.8. The summed E-state index contributed by atoms with van der Waals surface area (Å²) < 4.78 is 110. The molecule has 0 N–H and O–H groups in total. The van der Waals surface area contributed by atoms with Crippen LogP contribution >= 0.6 is 0 Å². The number of halogens is 8. The van der Waals surface area contributed by atoms with E-state index in [4.69, 9.17) is 4.74 Å². The number of nitrogens with zero attached hydrogens (tertiary/aromatic N) is 1. The Morgan fingerprint density at radius 1 is 0.912 bits per heavy atom. The Balaban J connectivity index is 1.78. The number of ether oxygens (including phenoxy) is 1. The Hall–Kier alpha value is -3.18. The van der Waals surface area contributed by atoms with E-state index in [9.17, 15) is 44.7 Å². The van der Waals surface area contributed by atoms with Gasteiger partial charge in [0.2, 0.25) is 5.91 Å². The molecule has 2 aromatic rings. The van der Waals surface area contributed by atoms with Gasteiger partial charge in [-0.15, -0.1) is 0 Å². The van der Waals surface area contributed by atoms with Crippen molar-refractivity contribution in [1.29, 1.82) is 0 Å². The molecule has 4 nitrogen and oxygen atoms in total. The molecule has 1 aliphatic rings. The molecule has 1 heterocycles. The monoisotopic (exact) mass is 495 g/mol. The third kappa shape index (κ3) is 5.84. The summed E-state index contributed by atoms with van der Waals surface area (Å²) in [5.41, 5.74) is -3.34. The molecule has 1 saturated heterocycles. The zero-order chi connectivity index (χ0) is 25.3. The molecule has 2 aromatic carbocycles. The number of hydrogen-bond donors (Lipinski definition) is 0. The van der Waals surface area contributed by atoms with Crippen LogP contribution in [-0.2, 0) is 39.8 Å². The molecular formula is C22H17F8NO3. The van der Waals surface area contributed by atoms with Gasteiger partial charge in [-0.3, -0.25) is 4.79 Å². The summed E-state index contributed by atoms with van der Waals surface area (Å²) in [5, 5.41) is 0. The maximum absolute atomic E-state index is 14.2. The largest absolute Gasteiger partial charge is 0.459 e. The number of piperidine rings is 1. The van der Waals surface area contributed by atoms with Crippen molar-refractivity contribution in [2.75, 3.05) is 0 Å². The molecule has 1 fully saturated rings. The van der Waals surface area contributed by atoms with E-state index < -0.39 is 77.3 Å². The molecule has 184 valence electrons. The minimum absolute atomic E-state index is 0.0240. The van der Waals surface area contributed by atoms with Crippen molar-refractivity contribution in [1.82, 2.24) is 4.90 Å². The van der Waals surface area contributed by atoms with Crippen molar-refractivity contribution in [2.24, 2.45) is 0 Å². The summed E-state index contributed by atoms with van der Waals surface area (Å²) in [5.74, 6) is -3.82. The standard InChI is InChI=1S/C22H17F8NO3/c23-16-6-4-14(21(25,26)27)8-12(16)10-31-18(2-1-3-19(31)32)20(33)34-11-13-9-15(22(28,29)30)5-7-17(13)24/h4-9,18H,1-3,10-11H2/t18-/m0/s1. The maximum Gasteiger partial charge on any atom is 0.416 e. The molecule has 34 heavy (non-hydrogen) atoms. The highest BCUT2D eigenvalue weighted by Crippen LogP contribution is 2.32. The first-order valence-electron chi connectivity index (χ1n) is 9.94. The minimum atomic E-state index is -4.76. The second-order valence-corrected chi connectivity index (χ2v) is 7.65. The molecule has 3 rings (SSSR count). The molecule has 0 radical (unpaired) electrons. The SMILES string of the molecule is O=C(OCc1cc(C(F)(F)F)ccc1F)[C@@H]1CCCC(=O)N1Cc1cc(C(F)(F)F)ccc1F. The predicted octanol–water partition coefficient (Wildman–Crippen LogP) is 5.63. The van der Waals surface area contributed by atoms with E-state index in [0.717, 1.165) is 4.90 Å². The minimum Gasteiger partial charge on any atom is -0.459 e.